The first-order valence-corrected chi connectivity index (χ1v) is 3.71. The van der Waals surface area contributed by atoms with Crippen LogP contribution in [0.4, 0.5) is 0 Å². The van der Waals surface area contributed by atoms with E-state index in [0.29, 0.717) is 13.0 Å². The highest BCUT2D eigenvalue weighted by molar-refractivity contribution is 5.77. The van der Waals surface area contributed by atoms with Crippen LogP contribution in [-0.2, 0) is 4.79 Å². The van der Waals surface area contributed by atoms with Crippen LogP contribution >= 0.6 is 0 Å². The molecular formula is C8H14N2O. The molecule has 11 heavy (non-hydrogen) atoms. The van der Waals surface area contributed by atoms with Crippen LogP contribution in [0, 0.1) is 17.2 Å². The molecule has 0 rings (SSSR count). The van der Waals surface area contributed by atoms with Gasteiger partial charge >= 0.3 is 0 Å². The molecule has 0 radical (unpaired) electrons. The Labute approximate surface area is 67.6 Å². The van der Waals surface area contributed by atoms with Crippen LogP contribution in [0.1, 0.15) is 20.3 Å². The van der Waals surface area contributed by atoms with E-state index in [1.807, 2.05) is 19.9 Å². The van der Waals surface area contributed by atoms with Gasteiger partial charge in [0.2, 0.25) is 5.91 Å². The van der Waals surface area contributed by atoms with Crippen molar-refractivity contribution in [1.29, 1.82) is 5.26 Å². The van der Waals surface area contributed by atoms with Crippen molar-refractivity contribution in [2.75, 3.05) is 13.6 Å². The van der Waals surface area contributed by atoms with Gasteiger partial charge in [0, 0.05) is 19.5 Å². The highest BCUT2D eigenvalue weighted by Crippen LogP contribution is 1.98. The van der Waals surface area contributed by atoms with Gasteiger partial charge in [-0.25, -0.2) is 0 Å². The zero-order valence-corrected chi connectivity index (χ0v) is 7.29. The van der Waals surface area contributed by atoms with Gasteiger partial charge in [0.25, 0.3) is 0 Å². The Morgan fingerprint density at radius 1 is 1.64 bits per heavy atom. The fraction of sp³-hybridized carbons (Fsp3) is 0.750. The number of nitriles is 1. The second-order valence-electron chi connectivity index (χ2n) is 2.82. The zero-order chi connectivity index (χ0) is 8.85. The summed E-state index contributed by atoms with van der Waals surface area (Å²) in [5, 5.41) is 8.25. The summed E-state index contributed by atoms with van der Waals surface area (Å²) in [6.07, 6.45) is 0.412. The summed E-state index contributed by atoms with van der Waals surface area (Å²) in [5.74, 6) is 0.124. The van der Waals surface area contributed by atoms with E-state index in [0.717, 1.165) is 0 Å². The van der Waals surface area contributed by atoms with Crippen molar-refractivity contribution in [3.05, 3.63) is 0 Å². The zero-order valence-electron chi connectivity index (χ0n) is 7.29. The first-order valence-electron chi connectivity index (χ1n) is 3.71. The van der Waals surface area contributed by atoms with E-state index in [4.69, 9.17) is 5.26 Å². The van der Waals surface area contributed by atoms with Gasteiger partial charge in [0.1, 0.15) is 0 Å². The fourth-order valence-electron chi connectivity index (χ4n) is 0.769. The Morgan fingerprint density at radius 3 is 2.55 bits per heavy atom. The first-order chi connectivity index (χ1) is 5.09. The molecule has 0 spiro atoms. The van der Waals surface area contributed by atoms with Crippen molar-refractivity contribution < 1.29 is 4.79 Å². The lowest BCUT2D eigenvalue weighted by molar-refractivity contribution is -0.133. The van der Waals surface area contributed by atoms with E-state index in [2.05, 4.69) is 0 Å². The van der Waals surface area contributed by atoms with E-state index in [1.54, 1.807) is 11.9 Å². The van der Waals surface area contributed by atoms with Crippen molar-refractivity contribution in [3.63, 3.8) is 0 Å². The molecule has 0 fully saturated rings. The largest absolute Gasteiger partial charge is 0.345 e. The van der Waals surface area contributed by atoms with E-state index in [9.17, 15) is 4.79 Å². The summed E-state index contributed by atoms with van der Waals surface area (Å²) in [6, 6.07) is 2.00. The Bertz CT molecular complexity index is 169. The third-order valence-electron chi connectivity index (χ3n) is 1.43. The van der Waals surface area contributed by atoms with Gasteiger partial charge in [0.05, 0.1) is 12.5 Å². The predicted molar refractivity (Wildman–Crippen MR) is 42.7 cm³/mol. The standard InChI is InChI=1S/C8H14N2O/c1-7(2)8(11)10(3)6-4-5-9/h7H,4,6H2,1-3H3. The number of amides is 1. The van der Waals surface area contributed by atoms with E-state index >= 15 is 0 Å². The molecule has 3 nitrogen and oxygen atoms in total. The summed E-state index contributed by atoms with van der Waals surface area (Å²) in [6.45, 7) is 4.24. The quantitative estimate of drug-likeness (QED) is 0.609. The molecule has 0 aliphatic carbocycles. The van der Waals surface area contributed by atoms with Gasteiger partial charge < -0.3 is 4.90 Å². The molecule has 0 aliphatic rings. The number of carbonyl (C=O) groups excluding carboxylic acids is 1. The van der Waals surface area contributed by atoms with E-state index in [-0.39, 0.29) is 11.8 Å². The number of nitrogens with zero attached hydrogens (tertiary/aromatic N) is 2. The summed E-state index contributed by atoms with van der Waals surface area (Å²) in [7, 11) is 1.72. The molecule has 3 heteroatoms. The maximum absolute atomic E-state index is 11.2. The monoisotopic (exact) mass is 154 g/mol. The third-order valence-corrected chi connectivity index (χ3v) is 1.43. The number of hydrogen-bond donors (Lipinski definition) is 0. The Morgan fingerprint density at radius 2 is 2.18 bits per heavy atom. The average molecular weight is 154 g/mol. The second-order valence-corrected chi connectivity index (χ2v) is 2.82. The van der Waals surface area contributed by atoms with Gasteiger partial charge in [-0.15, -0.1) is 0 Å². The van der Waals surface area contributed by atoms with E-state index < -0.39 is 0 Å². The molecule has 0 unspecified atom stereocenters. The van der Waals surface area contributed by atoms with Crippen LogP contribution in [0.5, 0.6) is 0 Å². The van der Waals surface area contributed by atoms with Crippen LogP contribution in [0.25, 0.3) is 0 Å². The van der Waals surface area contributed by atoms with Gasteiger partial charge in [-0.05, 0) is 0 Å². The maximum Gasteiger partial charge on any atom is 0.224 e. The van der Waals surface area contributed by atoms with Crippen molar-refractivity contribution in [3.8, 4) is 6.07 Å². The van der Waals surface area contributed by atoms with E-state index in [1.165, 1.54) is 0 Å². The van der Waals surface area contributed by atoms with Crippen LogP contribution in [0.3, 0.4) is 0 Å². The van der Waals surface area contributed by atoms with Crippen LogP contribution in [-0.4, -0.2) is 24.4 Å². The van der Waals surface area contributed by atoms with Crippen LogP contribution in [0.2, 0.25) is 0 Å². The molecule has 0 N–H and O–H groups in total. The maximum atomic E-state index is 11.2. The lowest BCUT2D eigenvalue weighted by Gasteiger charge is -2.17. The predicted octanol–water partition coefficient (Wildman–Crippen LogP) is 1.01. The highest BCUT2D eigenvalue weighted by atomic mass is 16.2. The van der Waals surface area contributed by atoms with Crippen molar-refractivity contribution in [2.24, 2.45) is 5.92 Å². The number of rotatable bonds is 3. The lowest BCUT2D eigenvalue weighted by Crippen LogP contribution is -2.31. The molecule has 0 aromatic heterocycles. The molecule has 62 valence electrons. The third kappa shape index (κ3) is 3.61. The topological polar surface area (TPSA) is 44.1 Å². The second kappa shape index (κ2) is 4.73. The molecule has 0 heterocycles. The minimum absolute atomic E-state index is 0.0266. The van der Waals surface area contributed by atoms with Crippen molar-refractivity contribution in [2.45, 2.75) is 20.3 Å². The molecule has 0 bridgehead atoms. The molecule has 0 aromatic rings. The summed E-state index contributed by atoms with van der Waals surface area (Å²) in [5.41, 5.74) is 0. The summed E-state index contributed by atoms with van der Waals surface area (Å²) >= 11 is 0. The minimum Gasteiger partial charge on any atom is -0.345 e. The van der Waals surface area contributed by atoms with Gasteiger partial charge in [0.15, 0.2) is 0 Å². The number of carbonyl (C=O) groups is 1. The highest BCUT2D eigenvalue weighted by Gasteiger charge is 2.11. The number of hydrogen-bond acceptors (Lipinski definition) is 2. The lowest BCUT2D eigenvalue weighted by atomic mass is 10.2. The van der Waals surface area contributed by atoms with Crippen LogP contribution < -0.4 is 0 Å². The molecule has 0 saturated carbocycles. The summed E-state index contributed by atoms with van der Waals surface area (Å²) < 4.78 is 0. The smallest absolute Gasteiger partial charge is 0.224 e. The first kappa shape index (κ1) is 9.96. The average Bonchev–Trinajstić information content (AvgIpc) is 1.98. The van der Waals surface area contributed by atoms with Crippen molar-refractivity contribution >= 4 is 5.91 Å². The minimum atomic E-state index is 0.0266. The van der Waals surface area contributed by atoms with Crippen molar-refractivity contribution in [1.82, 2.24) is 4.90 Å². The SMILES string of the molecule is CC(C)C(=O)N(C)CCC#N. The molecule has 0 aromatic carbocycles. The van der Waals surface area contributed by atoms with Gasteiger partial charge in [-0.3, -0.25) is 4.79 Å². The Kier molecular flexibility index (Phi) is 4.28. The Hall–Kier alpha value is -1.04. The molecule has 1 amide bonds. The molecule has 0 aliphatic heterocycles. The van der Waals surface area contributed by atoms with Gasteiger partial charge in [-0.2, -0.15) is 5.26 Å². The fourth-order valence-corrected chi connectivity index (χ4v) is 0.769. The summed E-state index contributed by atoms with van der Waals surface area (Å²) in [4.78, 5) is 12.8. The Balaban J connectivity index is 3.75. The molecular weight excluding hydrogens is 140 g/mol. The normalized spacial score (nSPS) is 9.36. The van der Waals surface area contributed by atoms with Gasteiger partial charge in [-0.1, -0.05) is 13.8 Å². The van der Waals surface area contributed by atoms with Crippen LogP contribution in [0.15, 0.2) is 0 Å². The molecule has 0 saturated heterocycles. The molecule has 0 atom stereocenters.